The molecule has 7 nitrogen and oxygen atoms in total. The third-order valence-corrected chi connectivity index (χ3v) is 6.94. The molecule has 1 heterocycles. The lowest BCUT2D eigenvalue weighted by Gasteiger charge is -2.12. The first-order valence-corrected chi connectivity index (χ1v) is 12.5. The van der Waals surface area contributed by atoms with E-state index in [9.17, 15) is 18.3 Å². The fourth-order valence-corrected chi connectivity index (χ4v) is 4.73. The topological polar surface area (TPSA) is 114 Å². The number of carboxylic acid groups (broad SMARTS) is 1. The Kier molecular flexibility index (Phi) is 6.83. The SMILES string of the molecule is Cc1ccccc1Cn1c(C(=O)O)c(CNCCc2ccc(S(N)(=O)=O)cc2)c2ccccc21. The predicted octanol–water partition coefficient (Wildman–Crippen LogP) is 3.68. The molecule has 0 fully saturated rings. The standard InChI is InChI=1S/C26H27N3O4S/c1-18-6-2-3-7-20(18)17-29-24-9-5-4-8-22(24)23(25(29)26(30)31)16-28-15-14-19-10-12-21(13-11-19)34(27,32)33/h2-13,28H,14-17H2,1H3,(H,30,31)(H2,27,32,33). The van der Waals surface area contributed by atoms with Gasteiger partial charge in [0.15, 0.2) is 0 Å². The maximum Gasteiger partial charge on any atom is 0.352 e. The number of primary sulfonamides is 1. The molecule has 0 saturated carbocycles. The summed E-state index contributed by atoms with van der Waals surface area (Å²) in [6.45, 7) is 3.51. The molecule has 176 valence electrons. The minimum atomic E-state index is -3.71. The highest BCUT2D eigenvalue weighted by molar-refractivity contribution is 7.89. The molecule has 34 heavy (non-hydrogen) atoms. The van der Waals surface area contributed by atoms with Crippen molar-refractivity contribution in [1.82, 2.24) is 9.88 Å². The van der Waals surface area contributed by atoms with E-state index in [0.717, 1.165) is 33.2 Å². The number of sulfonamides is 1. The first kappa shape index (κ1) is 23.7. The van der Waals surface area contributed by atoms with Crippen LogP contribution in [-0.2, 0) is 29.5 Å². The Labute approximate surface area is 198 Å². The molecule has 0 amide bonds. The normalized spacial score (nSPS) is 11.7. The van der Waals surface area contributed by atoms with Gasteiger partial charge in [-0.1, -0.05) is 54.6 Å². The summed E-state index contributed by atoms with van der Waals surface area (Å²) < 4.78 is 24.7. The van der Waals surface area contributed by atoms with Crippen LogP contribution in [0.5, 0.6) is 0 Å². The van der Waals surface area contributed by atoms with Crippen LogP contribution in [0.15, 0.2) is 77.7 Å². The minimum absolute atomic E-state index is 0.0803. The fraction of sp³-hybridized carbons (Fsp3) is 0.192. The van der Waals surface area contributed by atoms with E-state index < -0.39 is 16.0 Å². The molecule has 0 aliphatic carbocycles. The van der Waals surface area contributed by atoms with Crippen molar-refractivity contribution in [3.05, 3.63) is 101 Å². The molecule has 0 atom stereocenters. The zero-order valence-corrected chi connectivity index (χ0v) is 19.7. The lowest BCUT2D eigenvalue weighted by Crippen LogP contribution is -2.19. The average Bonchev–Trinajstić information content (AvgIpc) is 3.11. The van der Waals surface area contributed by atoms with E-state index in [0.29, 0.717) is 26.1 Å². The fourth-order valence-electron chi connectivity index (χ4n) is 4.21. The Morgan fingerprint density at radius 2 is 1.68 bits per heavy atom. The Hall–Kier alpha value is -3.46. The molecular formula is C26H27N3O4S. The molecule has 0 aliphatic rings. The molecule has 0 saturated heterocycles. The predicted molar refractivity (Wildman–Crippen MR) is 132 cm³/mol. The summed E-state index contributed by atoms with van der Waals surface area (Å²) >= 11 is 0. The van der Waals surface area contributed by atoms with E-state index in [4.69, 9.17) is 5.14 Å². The quantitative estimate of drug-likeness (QED) is 0.318. The number of aryl methyl sites for hydroxylation is 1. The van der Waals surface area contributed by atoms with E-state index in [2.05, 4.69) is 5.32 Å². The van der Waals surface area contributed by atoms with Gasteiger partial charge in [0.1, 0.15) is 5.69 Å². The van der Waals surface area contributed by atoms with Crippen LogP contribution in [0.1, 0.15) is 32.7 Å². The van der Waals surface area contributed by atoms with Crippen LogP contribution >= 0.6 is 0 Å². The van der Waals surface area contributed by atoms with E-state index >= 15 is 0 Å². The van der Waals surface area contributed by atoms with Gasteiger partial charge in [-0.3, -0.25) is 0 Å². The molecule has 0 aliphatic heterocycles. The summed E-state index contributed by atoms with van der Waals surface area (Å²) in [5.41, 5.74) is 5.08. The number of nitrogens with zero attached hydrogens (tertiary/aromatic N) is 1. The van der Waals surface area contributed by atoms with Crippen molar-refractivity contribution in [1.29, 1.82) is 0 Å². The molecule has 0 bridgehead atoms. The van der Waals surface area contributed by atoms with Crippen molar-refractivity contribution in [2.75, 3.05) is 6.54 Å². The number of benzene rings is 3. The van der Waals surface area contributed by atoms with Crippen molar-refractivity contribution in [3.63, 3.8) is 0 Å². The van der Waals surface area contributed by atoms with Gasteiger partial charge in [0, 0.05) is 29.6 Å². The maximum atomic E-state index is 12.3. The Morgan fingerprint density at radius 1 is 1.00 bits per heavy atom. The number of fused-ring (bicyclic) bond motifs is 1. The molecule has 8 heteroatoms. The van der Waals surface area contributed by atoms with Gasteiger partial charge in [0.25, 0.3) is 0 Å². The number of carbonyl (C=O) groups is 1. The van der Waals surface area contributed by atoms with Crippen molar-refractivity contribution < 1.29 is 18.3 Å². The zero-order valence-electron chi connectivity index (χ0n) is 18.9. The second kappa shape index (κ2) is 9.80. The summed E-state index contributed by atoms with van der Waals surface area (Å²) in [6.07, 6.45) is 0.662. The molecule has 4 N–H and O–H groups in total. The van der Waals surface area contributed by atoms with Gasteiger partial charge < -0.3 is 15.0 Å². The zero-order chi connectivity index (χ0) is 24.3. The Balaban J connectivity index is 1.56. The number of carboxylic acids is 1. The highest BCUT2D eigenvalue weighted by Gasteiger charge is 2.22. The van der Waals surface area contributed by atoms with E-state index in [1.165, 1.54) is 12.1 Å². The highest BCUT2D eigenvalue weighted by atomic mass is 32.2. The van der Waals surface area contributed by atoms with Gasteiger partial charge in [0.05, 0.1) is 4.90 Å². The van der Waals surface area contributed by atoms with Gasteiger partial charge in [0.2, 0.25) is 10.0 Å². The number of hydrogen-bond donors (Lipinski definition) is 3. The van der Waals surface area contributed by atoms with Crippen molar-refractivity contribution in [2.45, 2.75) is 31.3 Å². The molecule has 4 aromatic rings. The third kappa shape index (κ3) is 5.04. The summed E-state index contributed by atoms with van der Waals surface area (Å²) in [5.74, 6) is -0.958. The summed E-state index contributed by atoms with van der Waals surface area (Å²) in [6, 6.07) is 22.2. The highest BCUT2D eigenvalue weighted by Crippen LogP contribution is 2.28. The lowest BCUT2D eigenvalue weighted by atomic mass is 10.1. The summed E-state index contributed by atoms with van der Waals surface area (Å²) in [4.78, 5) is 12.4. The van der Waals surface area contributed by atoms with Crippen LogP contribution in [0.3, 0.4) is 0 Å². The van der Waals surface area contributed by atoms with E-state index in [1.807, 2.05) is 60.0 Å². The van der Waals surface area contributed by atoms with E-state index in [1.54, 1.807) is 12.1 Å². The van der Waals surface area contributed by atoms with Crippen LogP contribution in [0.2, 0.25) is 0 Å². The number of para-hydroxylation sites is 1. The smallest absolute Gasteiger partial charge is 0.352 e. The number of aromatic nitrogens is 1. The van der Waals surface area contributed by atoms with Gasteiger partial charge in [-0.15, -0.1) is 0 Å². The molecule has 4 rings (SSSR count). The molecule has 1 aromatic heterocycles. The van der Waals surface area contributed by atoms with Crippen LogP contribution < -0.4 is 10.5 Å². The second-order valence-corrected chi connectivity index (χ2v) is 9.84. The number of nitrogens with two attached hydrogens (primary N) is 1. The number of hydrogen-bond acceptors (Lipinski definition) is 4. The summed E-state index contributed by atoms with van der Waals surface area (Å²) in [7, 11) is -3.71. The third-order valence-electron chi connectivity index (χ3n) is 6.01. The Bertz CT molecular complexity index is 1440. The average molecular weight is 478 g/mol. The summed E-state index contributed by atoms with van der Waals surface area (Å²) in [5, 5.41) is 19.5. The van der Waals surface area contributed by atoms with Crippen LogP contribution in [0.4, 0.5) is 0 Å². The van der Waals surface area contributed by atoms with Crippen molar-refractivity contribution in [2.24, 2.45) is 5.14 Å². The molecule has 0 unspecified atom stereocenters. The second-order valence-electron chi connectivity index (χ2n) is 8.28. The molecule has 0 radical (unpaired) electrons. The van der Waals surface area contributed by atoms with Crippen molar-refractivity contribution >= 4 is 26.9 Å². The largest absolute Gasteiger partial charge is 0.477 e. The first-order chi connectivity index (χ1) is 16.3. The van der Waals surface area contributed by atoms with E-state index in [-0.39, 0.29) is 10.6 Å². The van der Waals surface area contributed by atoms with Gasteiger partial charge >= 0.3 is 5.97 Å². The maximum absolute atomic E-state index is 12.3. The Morgan fingerprint density at radius 3 is 2.35 bits per heavy atom. The molecule has 0 spiro atoms. The monoisotopic (exact) mass is 477 g/mol. The first-order valence-electron chi connectivity index (χ1n) is 11.0. The molecular weight excluding hydrogens is 450 g/mol. The van der Waals surface area contributed by atoms with Gasteiger partial charge in [-0.05, 0) is 54.8 Å². The van der Waals surface area contributed by atoms with Gasteiger partial charge in [-0.25, -0.2) is 18.4 Å². The molecule has 3 aromatic carbocycles. The minimum Gasteiger partial charge on any atom is -0.477 e. The van der Waals surface area contributed by atoms with Crippen LogP contribution in [-0.4, -0.2) is 30.6 Å². The lowest BCUT2D eigenvalue weighted by molar-refractivity contribution is 0.0684. The number of rotatable bonds is 9. The number of nitrogens with one attached hydrogen (secondary N) is 1. The number of aromatic carboxylic acids is 1. The van der Waals surface area contributed by atoms with Crippen molar-refractivity contribution in [3.8, 4) is 0 Å². The van der Waals surface area contributed by atoms with Crippen LogP contribution in [0, 0.1) is 6.92 Å². The van der Waals surface area contributed by atoms with Gasteiger partial charge in [-0.2, -0.15) is 0 Å². The van der Waals surface area contributed by atoms with Crippen LogP contribution in [0.25, 0.3) is 10.9 Å².